The fourth-order valence-corrected chi connectivity index (χ4v) is 6.05. The minimum absolute atomic E-state index is 0.144. The van der Waals surface area contributed by atoms with Gasteiger partial charge in [-0.15, -0.1) is 0 Å². The van der Waals surface area contributed by atoms with Gasteiger partial charge in [0.1, 0.15) is 0 Å². The van der Waals surface area contributed by atoms with E-state index in [1.54, 1.807) is 0 Å². The van der Waals surface area contributed by atoms with Crippen LogP contribution in [0.15, 0.2) is 97.1 Å². The molecule has 0 bridgehead atoms. The lowest BCUT2D eigenvalue weighted by Crippen LogP contribution is -2.37. The maximum atomic E-state index is 10.9. The first-order valence-corrected chi connectivity index (χ1v) is 14.1. The zero-order valence-corrected chi connectivity index (χ0v) is 22.8. The van der Waals surface area contributed by atoms with Crippen LogP contribution >= 0.6 is 0 Å². The van der Waals surface area contributed by atoms with Crippen LogP contribution in [0, 0.1) is 0 Å². The minimum atomic E-state index is -0.538. The lowest BCUT2D eigenvalue weighted by Gasteiger charge is -2.25. The van der Waals surface area contributed by atoms with Gasteiger partial charge in [-0.25, -0.2) is 0 Å². The number of aliphatic hydroxyl groups is 1. The van der Waals surface area contributed by atoms with E-state index in [1.807, 2.05) is 0 Å². The van der Waals surface area contributed by atoms with Gasteiger partial charge in [0.15, 0.2) is 0 Å². The number of ether oxygens (including phenoxy) is 1. The van der Waals surface area contributed by atoms with E-state index in [4.69, 9.17) is 4.74 Å². The van der Waals surface area contributed by atoms with Gasteiger partial charge in [0.25, 0.3) is 0 Å². The number of fused-ring (bicyclic) bond motifs is 6. The Labute approximate surface area is 229 Å². The monoisotopic (exact) mass is 519 g/mol. The van der Waals surface area contributed by atoms with E-state index in [0.717, 1.165) is 13.1 Å². The summed E-state index contributed by atoms with van der Waals surface area (Å²) in [5.74, 6) is 0. The molecule has 2 aromatic heterocycles. The van der Waals surface area contributed by atoms with Crippen molar-refractivity contribution in [2.75, 3.05) is 26.2 Å². The van der Waals surface area contributed by atoms with E-state index in [-0.39, 0.29) is 6.10 Å². The number of hydrogen-bond donors (Lipinski definition) is 1. The Hall–Kier alpha value is -3.64. The summed E-state index contributed by atoms with van der Waals surface area (Å²) in [6, 6.07) is 34.4. The molecule has 0 aliphatic carbocycles. The summed E-state index contributed by atoms with van der Waals surface area (Å²) in [7, 11) is 0. The molecule has 1 unspecified atom stereocenters. The van der Waals surface area contributed by atoms with Gasteiger partial charge >= 0.3 is 0 Å². The molecule has 0 aliphatic heterocycles. The summed E-state index contributed by atoms with van der Waals surface area (Å²) < 4.78 is 11.4. The lowest BCUT2D eigenvalue weighted by molar-refractivity contribution is -0.0305. The maximum Gasteiger partial charge on any atom is 0.0934 e. The van der Waals surface area contributed by atoms with E-state index < -0.39 is 6.10 Å². The molecule has 0 radical (unpaired) electrons. The summed E-state index contributed by atoms with van der Waals surface area (Å²) in [6.07, 6.45) is -0.682. The van der Waals surface area contributed by atoms with E-state index in [2.05, 4.69) is 125 Å². The zero-order valence-electron chi connectivity index (χ0n) is 22.8. The third-order valence-corrected chi connectivity index (χ3v) is 8.02. The summed E-state index contributed by atoms with van der Waals surface area (Å²) in [6.45, 7) is 8.38. The zero-order chi connectivity index (χ0) is 26.8. The summed E-state index contributed by atoms with van der Waals surface area (Å²) in [5, 5.41) is 15.9. The fourth-order valence-electron chi connectivity index (χ4n) is 6.05. The minimum Gasteiger partial charge on any atom is -0.389 e. The van der Waals surface area contributed by atoms with Crippen LogP contribution in [0.25, 0.3) is 43.6 Å². The highest BCUT2D eigenvalue weighted by atomic mass is 16.5. The number of aliphatic hydroxyl groups excluding tert-OH is 1. The van der Waals surface area contributed by atoms with Gasteiger partial charge < -0.3 is 23.9 Å². The van der Waals surface area contributed by atoms with Gasteiger partial charge in [0.05, 0.1) is 31.9 Å². The molecule has 5 nitrogen and oxygen atoms in total. The van der Waals surface area contributed by atoms with Gasteiger partial charge in [-0.2, -0.15) is 0 Å². The molecule has 0 saturated carbocycles. The Bertz CT molecular complexity index is 1490. The highest BCUT2D eigenvalue weighted by molar-refractivity contribution is 6.08. The SMILES string of the molecule is CCN(CC)CC(O)COC(Cn1c2ccccc2c2ccccc21)Cn1c2ccccc2c2ccccc21. The van der Waals surface area contributed by atoms with Gasteiger partial charge in [0.2, 0.25) is 0 Å². The van der Waals surface area contributed by atoms with Gasteiger partial charge in [0, 0.05) is 50.2 Å². The Kier molecular flexibility index (Phi) is 7.38. The second-order valence-corrected chi connectivity index (χ2v) is 10.4. The quantitative estimate of drug-likeness (QED) is 0.207. The summed E-state index contributed by atoms with van der Waals surface area (Å²) >= 11 is 0. The molecule has 2 heterocycles. The van der Waals surface area contributed by atoms with Gasteiger partial charge in [-0.05, 0) is 37.4 Å². The second-order valence-electron chi connectivity index (χ2n) is 10.4. The van der Waals surface area contributed by atoms with Crippen LogP contribution in [-0.2, 0) is 17.8 Å². The van der Waals surface area contributed by atoms with Gasteiger partial charge in [-0.1, -0.05) is 86.6 Å². The molecule has 0 spiro atoms. The average Bonchev–Trinajstić information content (AvgIpc) is 3.47. The van der Waals surface area contributed by atoms with Crippen molar-refractivity contribution in [1.82, 2.24) is 14.0 Å². The predicted molar refractivity (Wildman–Crippen MR) is 162 cm³/mol. The number of likely N-dealkylation sites (N-methyl/N-ethyl adjacent to an activating group) is 1. The smallest absolute Gasteiger partial charge is 0.0934 e. The first-order valence-electron chi connectivity index (χ1n) is 14.1. The molecular formula is C34H37N3O2. The fraction of sp³-hybridized carbons (Fsp3) is 0.294. The van der Waals surface area contributed by atoms with Crippen molar-refractivity contribution in [3.05, 3.63) is 97.1 Å². The van der Waals surface area contributed by atoms with Crippen LogP contribution in [-0.4, -0.2) is 57.6 Å². The number of rotatable bonds is 11. The lowest BCUT2D eigenvalue weighted by atomic mass is 10.2. The normalized spacial score (nSPS) is 13.1. The molecule has 1 atom stereocenters. The van der Waals surface area contributed by atoms with E-state index >= 15 is 0 Å². The average molecular weight is 520 g/mol. The van der Waals surface area contributed by atoms with Crippen molar-refractivity contribution in [2.45, 2.75) is 39.1 Å². The topological polar surface area (TPSA) is 42.6 Å². The molecular weight excluding hydrogens is 482 g/mol. The van der Waals surface area contributed by atoms with E-state index in [1.165, 1.54) is 43.6 Å². The molecule has 1 N–H and O–H groups in total. The number of benzene rings is 4. The molecule has 6 rings (SSSR count). The largest absolute Gasteiger partial charge is 0.389 e. The Balaban J connectivity index is 1.39. The molecule has 5 heteroatoms. The maximum absolute atomic E-state index is 10.9. The number of para-hydroxylation sites is 4. The van der Waals surface area contributed by atoms with Crippen molar-refractivity contribution >= 4 is 43.6 Å². The number of aromatic nitrogens is 2. The first-order chi connectivity index (χ1) is 19.2. The molecule has 39 heavy (non-hydrogen) atoms. The van der Waals surface area contributed by atoms with Crippen molar-refractivity contribution in [3.8, 4) is 0 Å². The van der Waals surface area contributed by atoms with Crippen LogP contribution in [0.5, 0.6) is 0 Å². The number of hydrogen-bond acceptors (Lipinski definition) is 3. The van der Waals surface area contributed by atoms with Crippen molar-refractivity contribution in [2.24, 2.45) is 0 Å². The highest BCUT2D eigenvalue weighted by Crippen LogP contribution is 2.31. The Morgan fingerprint density at radius 3 is 1.33 bits per heavy atom. The van der Waals surface area contributed by atoms with E-state index in [0.29, 0.717) is 26.2 Å². The Morgan fingerprint density at radius 2 is 0.974 bits per heavy atom. The van der Waals surface area contributed by atoms with Gasteiger partial charge in [-0.3, -0.25) is 0 Å². The van der Waals surface area contributed by atoms with Crippen LogP contribution < -0.4 is 0 Å². The van der Waals surface area contributed by atoms with Crippen LogP contribution in [0.1, 0.15) is 13.8 Å². The highest BCUT2D eigenvalue weighted by Gasteiger charge is 2.21. The summed E-state index contributed by atoms with van der Waals surface area (Å²) in [4.78, 5) is 2.24. The summed E-state index contributed by atoms with van der Waals surface area (Å²) in [5.41, 5.74) is 4.83. The van der Waals surface area contributed by atoms with Crippen LogP contribution in [0.3, 0.4) is 0 Å². The molecule has 6 aromatic rings. The molecule has 0 aliphatic rings. The van der Waals surface area contributed by atoms with Crippen molar-refractivity contribution < 1.29 is 9.84 Å². The third-order valence-electron chi connectivity index (χ3n) is 8.02. The second kappa shape index (κ2) is 11.2. The third kappa shape index (κ3) is 4.94. The Morgan fingerprint density at radius 1 is 0.615 bits per heavy atom. The van der Waals surface area contributed by atoms with Crippen molar-refractivity contribution in [3.63, 3.8) is 0 Å². The molecule has 0 amide bonds. The van der Waals surface area contributed by atoms with Crippen molar-refractivity contribution in [1.29, 1.82) is 0 Å². The molecule has 4 aromatic carbocycles. The predicted octanol–water partition coefficient (Wildman–Crippen LogP) is 6.69. The van der Waals surface area contributed by atoms with E-state index in [9.17, 15) is 5.11 Å². The molecule has 0 saturated heterocycles. The van der Waals surface area contributed by atoms with Crippen LogP contribution in [0.2, 0.25) is 0 Å². The molecule has 0 fully saturated rings. The van der Waals surface area contributed by atoms with Crippen LogP contribution in [0.4, 0.5) is 0 Å². The standard InChI is InChI=1S/C34H37N3O2/c1-3-35(4-2)21-25(38)24-39-26(22-36-31-17-9-5-13-27(31)28-14-6-10-18-32(28)36)23-37-33-19-11-7-15-29(33)30-16-8-12-20-34(30)37/h5-20,25-26,38H,3-4,21-24H2,1-2H3. The molecule has 200 valence electrons. The first kappa shape index (κ1) is 25.6. The number of nitrogens with zero attached hydrogens (tertiary/aromatic N) is 3.